The summed E-state index contributed by atoms with van der Waals surface area (Å²) in [5.41, 5.74) is 1.37. The van der Waals surface area contributed by atoms with E-state index in [1.807, 2.05) is 19.1 Å². The SMILES string of the molecule is Cc1ccc(C(=O)NCc2ccc(C)c(F)c2)s1. The standard InChI is InChI=1S/C14H14FNOS/c1-9-3-5-11(7-12(9)15)8-16-14(17)13-6-4-10(2)18-13/h3-7H,8H2,1-2H3,(H,16,17). The minimum absolute atomic E-state index is 0.117. The van der Waals surface area contributed by atoms with Gasteiger partial charge in [-0.15, -0.1) is 11.3 Å². The van der Waals surface area contributed by atoms with Gasteiger partial charge < -0.3 is 5.32 Å². The predicted molar refractivity (Wildman–Crippen MR) is 71.4 cm³/mol. The number of hydrogen-bond donors (Lipinski definition) is 1. The number of carbonyl (C=O) groups excluding carboxylic acids is 1. The van der Waals surface area contributed by atoms with Crippen LogP contribution in [0.5, 0.6) is 0 Å². The third kappa shape index (κ3) is 2.96. The van der Waals surface area contributed by atoms with Gasteiger partial charge in [0.05, 0.1) is 4.88 Å². The van der Waals surface area contributed by atoms with Crippen LogP contribution in [0.1, 0.15) is 25.7 Å². The minimum Gasteiger partial charge on any atom is -0.347 e. The Hall–Kier alpha value is -1.68. The van der Waals surface area contributed by atoms with Crippen molar-refractivity contribution < 1.29 is 9.18 Å². The Kier molecular flexibility index (Phi) is 3.77. The van der Waals surface area contributed by atoms with E-state index in [-0.39, 0.29) is 11.7 Å². The van der Waals surface area contributed by atoms with Gasteiger partial charge in [-0.25, -0.2) is 4.39 Å². The van der Waals surface area contributed by atoms with Crippen LogP contribution in [-0.4, -0.2) is 5.91 Å². The van der Waals surface area contributed by atoms with Crippen LogP contribution in [0.15, 0.2) is 30.3 Å². The molecule has 0 aliphatic heterocycles. The molecule has 0 atom stereocenters. The second kappa shape index (κ2) is 5.31. The Morgan fingerprint density at radius 1 is 1.28 bits per heavy atom. The molecular formula is C14H14FNOS. The summed E-state index contributed by atoms with van der Waals surface area (Å²) >= 11 is 1.45. The lowest BCUT2D eigenvalue weighted by molar-refractivity contribution is 0.0955. The molecule has 1 aromatic heterocycles. The van der Waals surface area contributed by atoms with Gasteiger partial charge in [0.1, 0.15) is 5.82 Å². The molecule has 1 heterocycles. The van der Waals surface area contributed by atoms with Crippen molar-refractivity contribution in [2.75, 3.05) is 0 Å². The van der Waals surface area contributed by atoms with Crippen molar-refractivity contribution in [2.24, 2.45) is 0 Å². The van der Waals surface area contributed by atoms with Gasteiger partial charge in [-0.2, -0.15) is 0 Å². The van der Waals surface area contributed by atoms with Gasteiger partial charge in [0.2, 0.25) is 0 Å². The molecule has 0 aliphatic carbocycles. The normalized spacial score (nSPS) is 10.4. The van der Waals surface area contributed by atoms with Crippen LogP contribution in [0.2, 0.25) is 0 Å². The molecule has 1 amide bonds. The molecule has 94 valence electrons. The maximum absolute atomic E-state index is 13.3. The Morgan fingerprint density at radius 2 is 2.06 bits per heavy atom. The number of carbonyl (C=O) groups is 1. The Bertz CT molecular complexity index is 577. The number of aryl methyl sites for hydroxylation is 2. The average Bonchev–Trinajstić information content (AvgIpc) is 2.77. The number of nitrogens with one attached hydrogen (secondary N) is 1. The van der Waals surface area contributed by atoms with E-state index >= 15 is 0 Å². The molecule has 0 saturated heterocycles. The Labute approximate surface area is 109 Å². The summed E-state index contributed by atoms with van der Waals surface area (Å²) in [5, 5.41) is 2.78. The monoisotopic (exact) mass is 263 g/mol. The smallest absolute Gasteiger partial charge is 0.261 e. The summed E-state index contributed by atoms with van der Waals surface area (Å²) in [6.07, 6.45) is 0. The molecule has 2 aromatic rings. The van der Waals surface area contributed by atoms with Gasteiger partial charge >= 0.3 is 0 Å². The highest BCUT2D eigenvalue weighted by atomic mass is 32.1. The fourth-order valence-corrected chi connectivity index (χ4v) is 2.36. The van der Waals surface area contributed by atoms with Crippen LogP contribution in [0.3, 0.4) is 0 Å². The van der Waals surface area contributed by atoms with Crippen molar-refractivity contribution in [3.63, 3.8) is 0 Å². The zero-order valence-corrected chi connectivity index (χ0v) is 11.1. The maximum Gasteiger partial charge on any atom is 0.261 e. The highest BCUT2D eigenvalue weighted by Gasteiger charge is 2.07. The van der Waals surface area contributed by atoms with E-state index in [9.17, 15) is 9.18 Å². The van der Waals surface area contributed by atoms with E-state index in [1.54, 1.807) is 19.1 Å². The van der Waals surface area contributed by atoms with Crippen LogP contribution < -0.4 is 5.32 Å². The first-order valence-electron chi connectivity index (χ1n) is 5.66. The number of halogens is 1. The van der Waals surface area contributed by atoms with E-state index < -0.39 is 0 Å². The first kappa shape index (κ1) is 12.8. The quantitative estimate of drug-likeness (QED) is 0.903. The van der Waals surface area contributed by atoms with Crippen molar-refractivity contribution in [1.82, 2.24) is 5.32 Å². The first-order chi connectivity index (χ1) is 8.56. The highest BCUT2D eigenvalue weighted by molar-refractivity contribution is 7.13. The third-order valence-corrected chi connectivity index (χ3v) is 3.65. The summed E-state index contributed by atoms with van der Waals surface area (Å²) in [6.45, 7) is 4.01. The van der Waals surface area contributed by atoms with E-state index in [4.69, 9.17) is 0 Å². The Balaban J connectivity index is 1.99. The van der Waals surface area contributed by atoms with Gasteiger partial charge in [0.15, 0.2) is 0 Å². The Morgan fingerprint density at radius 3 is 2.67 bits per heavy atom. The van der Waals surface area contributed by atoms with Crippen LogP contribution in [0.4, 0.5) is 4.39 Å². The van der Waals surface area contributed by atoms with Gasteiger partial charge in [-0.3, -0.25) is 4.79 Å². The summed E-state index contributed by atoms with van der Waals surface area (Å²) in [4.78, 5) is 13.6. The molecular weight excluding hydrogens is 249 g/mol. The van der Waals surface area contributed by atoms with Crippen molar-refractivity contribution in [3.8, 4) is 0 Å². The predicted octanol–water partition coefficient (Wildman–Crippen LogP) is 3.43. The average molecular weight is 263 g/mol. The van der Waals surface area contributed by atoms with Gasteiger partial charge in [-0.1, -0.05) is 12.1 Å². The summed E-state index contributed by atoms with van der Waals surface area (Å²) in [5.74, 6) is -0.359. The first-order valence-corrected chi connectivity index (χ1v) is 6.47. The van der Waals surface area contributed by atoms with Crippen LogP contribution >= 0.6 is 11.3 Å². The molecule has 0 radical (unpaired) electrons. The zero-order chi connectivity index (χ0) is 13.1. The van der Waals surface area contributed by atoms with Gasteiger partial charge in [0.25, 0.3) is 5.91 Å². The second-order valence-electron chi connectivity index (χ2n) is 4.18. The molecule has 0 aliphatic rings. The van der Waals surface area contributed by atoms with E-state index in [0.717, 1.165) is 10.4 Å². The van der Waals surface area contributed by atoms with Crippen LogP contribution in [-0.2, 0) is 6.54 Å². The van der Waals surface area contributed by atoms with Crippen molar-refractivity contribution in [3.05, 3.63) is 57.0 Å². The van der Waals surface area contributed by atoms with E-state index in [1.165, 1.54) is 17.4 Å². The topological polar surface area (TPSA) is 29.1 Å². The molecule has 0 fully saturated rings. The van der Waals surface area contributed by atoms with Crippen molar-refractivity contribution in [2.45, 2.75) is 20.4 Å². The number of hydrogen-bond acceptors (Lipinski definition) is 2. The fraction of sp³-hybridized carbons (Fsp3) is 0.214. The van der Waals surface area contributed by atoms with Crippen LogP contribution in [0, 0.1) is 19.7 Å². The molecule has 18 heavy (non-hydrogen) atoms. The number of amides is 1. The molecule has 0 spiro atoms. The lowest BCUT2D eigenvalue weighted by Gasteiger charge is -2.05. The molecule has 0 unspecified atom stereocenters. The maximum atomic E-state index is 13.3. The third-order valence-electron chi connectivity index (χ3n) is 2.65. The largest absolute Gasteiger partial charge is 0.347 e. The fourth-order valence-electron chi connectivity index (χ4n) is 1.57. The summed E-state index contributed by atoms with van der Waals surface area (Å²) < 4.78 is 13.3. The molecule has 0 bridgehead atoms. The lowest BCUT2D eigenvalue weighted by atomic mass is 10.1. The molecule has 0 saturated carbocycles. The van der Waals surface area contributed by atoms with Crippen molar-refractivity contribution in [1.29, 1.82) is 0 Å². The lowest BCUT2D eigenvalue weighted by Crippen LogP contribution is -2.21. The number of rotatable bonds is 3. The molecule has 2 rings (SSSR count). The molecule has 2 nitrogen and oxygen atoms in total. The van der Waals surface area contributed by atoms with Gasteiger partial charge in [0, 0.05) is 11.4 Å². The molecule has 4 heteroatoms. The highest BCUT2D eigenvalue weighted by Crippen LogP contribution is 2.15. The van der Waals surface area contributed by atoms with Gasteiger partial charge in [-0.05, 0) is 43.2 Å². The van der Waals surface area contributed by atoms with Crippen LogP contribution in [0.25, 0.3) is 0 Å². The number of benzene rings is 1. The number of thiophene rings is 1. The second-order valence-corrected chi connectivity index (χ2v) is 5.46. The molecule has 1 N–H and O–H groups in total. The minimum atomic E-state index is -0.242. The summed E-state index contributed by atoms with van der Waals surface area (Å²) in [6, 6.07) is 8.69. The van der Waals surface area contributed by atoms with E-state index in [0.29, 0.717) is 17.0 Å². The zero-order valence-electron chi connectivity index (χ0n) is 10.3. The summed E-state index contributed by atoms with van der Waals surface area (Å²) in [7, 11) is 0. The van der Waals surface area contributed by atoms with Crippen molar-refractivity contribution >= 4 is 17.2 Å². The molecule has 1 aromatic carbocycles. The van der Waals surface area contributed by atoms with E-state index in [2.05, 4.69) is 5.32 Å².